The molecule has 4 rings (SSSR count). The molecule has 2 N–H and O–H groups in total. The topological polar surface area (TPSA) is 30.5 Å². The predicted octanol–water partition coefficient (Wildman–Crippen LogP) is 9.47. The van der Waals surface area contributed by atoms with E-state index in [4.69, 9.17) is 0 Å². The number of anilines is 6. The molecular formula is C35H44N4. The van der Waals surface area contributed by atoms with Crippen LogP contribution in [0.1, 0.15) is 47.0 Å². The summed E-state index contributed by atoms with van der Waals surface area (Å²) in [7, 11) is 0. The largest absolute Gasteiger partial charge is 0.369 e. The minimum absolute atomic E-state index is 0.466. The molecule has 0 aliphatic carbocycles. The highest BCUT2D eigenvalue weighted by Gasteiger charge is 2.13. The van der Waals surface area contributed by atoms with Crippen molar-refractivity contribution in [2.45, 2.75) is 59.0 Å². The summed E-state index contributed by atoms with van der Waals surface area (Å²) in [5, 5.41) is 6.96. The van der Waals surface area contributed by atoms with Gasteiger partial charge in [0.1, 0.15) is 0 Å². The molecule has 0 radical (unpaired) electrons. The Morgan fingerprint density at radius 1 is 0.436 bits per heavy atom. The van der Waals surface area contributed by atoms with Crippen LogP contribution in [0.3, 0.4) is 0 Å². The maximum atomic E-state index is 3.48. The molecule has 0 saturated heterocycles. The van der Waals surface area contributed by atoms with E-state index >= 15 is 0 Å². The number of benzene rings is 4. The van der Waals surface area contributed by atoms with E-state index in [9.17, 15) is 0 Å². The van der Waals surface area contributed by atoms with Gasteiger partial charge < -0.3 is 20.4 Å². The van der Waals surface area contributed by atoms with Gasteiger partial charge in [-0.1, -0.05) is 36.4 Å². The number of para-hydroxylation sites is 2. The quantitative estimate of drug-likeness (QED) is 0.162. The van der Waals surface area contributed by atoms with E-state index in [2.05, 4.69) is 145 Å². The van der Waals surface area contributed by atoms with Gasteiger partial charge in [0.2, 0.25) is 0 Å². The van der Waals surface area contributed by atoms with Crippen molar-refractivity contribution >= 4 is 34.1 Å². The number of nitrogens with zero attached hydrogens (tertiary/aromatic N) is 2. The molecular weight excluding hydrogens is 476 g/mol. The number of hydrogen-bond donors (Lipinski definition) is 2. The predicted molar refractivity (Wildman–Crippen MR) is 171 cm³/mol. The van der Waals surface area contributed by atoms with E-state index in [0.29, 0.717) is 12.1 Å². The highest BCUT2D eigenvalue weighted by Crippen LogP contribution is 2.25. The highest BCUT2D eigenvalue weighted by atomic mass is 15.2. The van der Waals surface area contributed by atoms with Crippen molar-refractivity contribution in [1.82, 2.24) is 0 Å². The average molecular weight is 521 g/mol. The number of nitrogens with one attached hydrogen (secondary N) is 2. The molecule has 0 amide bonds. The van der Waals surface area contributed by atoms with E-state index in [1.165, 1.54) is 30.6 Å². The van der Waals surface area contributed by atoms with Gasteiger partial charge in [-0.2, -0.15) is 0 Å². The third kappa shape index (κ3) is 8.54. The first-order chi connectivity index (χ1) is 19.0. The maximum Gasteiger partial charge on any atom is 0.0385 e. The summed E-state index contributed by atoms with van der Waals surface area (Å²) in [5.74, 6) is 0. The molecule has 4 heteroatoms. The Bertz CT molecular complexity index is 1120. The molecule has 0 aliphatic rings. The zero-order valence-electron chi connectivity index (χ0n) is 24.0. The smallest absolute Gasteiger partial charge is 0.0385 e. The van der Waals surface area contributed by atoms with E-state index in [1.807, 2.05) is 12.1 Å². The fraction of sp³-hybridized carbons (Fsp3) is 0.314. The Morgan fingerprint density at radius 2 is 0.769 bits per heavy atom. The van der Waals surface area contributed by atoms with Gasteiger partial charge in [0, 0.05) is 59.3 Å². The van der Waals surface area contributed by atoms with Crippen molar-refractivity contribution in [1.29, 1.82) is 0 Å². The second-order valence-electron chi connectivity index (χ2n) is 10.7. The molecule has 4 aromatic carbocycles. The lowest BCUT2D eigenvalue weighted by Crippen LogP contribution is -2.33. The lowest BCUT2D eigenvalue weighted by atomic mass is 10.1. The zero-order valence-corrected chi connectivity index (χ0v) is 24.0. The van der Waals surface area contributed by atoms with Crippen molar-refractivity contribution < 1.29 is 0 Å². The summed E-state index contributed by atoms with van der Waals surface area (Å²) < 4.78 is 0. The molecule has 0 heterocycles. The molecule has 0 atom stereocenters. The van der Waals surface area contributed by atoms with Crippen LogP contribution in [0.15, 0.2) is 109 Å². The number of hydrogen-bond acceptors (Lipinski definition) is 4. The van der Waals surface area contributed by atoms with Crippen molar-refractivity contribution in [2.75, 3.05) is 33.5 Å². The maximum absolute atomic E-state index is 3.48. The van der Waals surface area contributed by atoms with Gasteiger partial charge in [0.05, 0.1) is 0 Å². The SMILES string of the molecule is CC(C)N(CCCCCN(c1ccc(Nc2ccccc2)cc1)C(C)C)c1ccc(Nc2ccccc2)cc1. The summed E-state index contributed by atoms with van der Waals surface area (Å²) in [6.07, 6.45) is 3.59. The van der Waals surface area contributed by atoms with E-state index in [1.54, 1.807) is 0 Å². The van der Waals surface area contributed by atoms with Gasteiger partial charge in [-0.15, -0.1) is 0 Å². The summed E-state index contributed by atoms with van der Waals surface area (Å²) >= 11 is 0. The van der Waals surface area contributed by atoms with Crippen molar-refractivity contribution in [3.05, 3.63) is 109 Å². The fourth-order valence-electron chi connectivity index (χ4n) is 4.96. The second-order valence-corrected chi connectivity index (χ2v) is 10.7. The molecule has 0 aromatic heterocycles. The van der Waals surface area contributed by atoms with Gasteiger partial charge in [-0.25, -0.2) is 0 Å². The molecule has 39 heavy (non-hydrogen) atoms. The summed E-state index contributed by atoms with van der Waals surface area (Å²) in [5.41, 5.74) is 7.04. The fourth-order valence-corrected chi connectivity index (χ4v) is 4.96. The summed E-state index contributed by atoms with van der Waals surface area (Å²) in [6, 6.07) is 39.3. The van der Waals surface area contributed by atoms with Gasteiger partial charge in [0.25, 0.3) is 0 Å². The number of unbranched alkanes of at least 4 members (excludes halogenated alkanes) is 2. The Labute approximate surface area is 235 Å². The van der Waals surface area contributed by atoms with E-state index in [-0.39, 0.29) is 0 Å². The third-order valence-corrected chi connectivity index (χ3v) is 7.07. The van der Waals surface area contributed by atoms with Crippen LogP contribution in [0.4, 0.5) is 34.1 Å². The van der Waals surface area contributed by atoms with Crippen molar-refractivity contribution in [3.8, 4) is 0 Å². The third-order valence-electron chi connectivity index (χ3n) is 7.07. The zero-order chi connectivity index (χ0) is 27.5. The van der Waals surface area contributed by atoms with Gasteiger partial charge >= 0.3 is 0 Å². The van der Waals surface area contributed by atoms with Crippen LogP contribution in [0, 0.1) is 0 Å². The number of rotatable bonds is 14. The molecule has 0 bridgehead atoms. The van der Waals surface area contributed by atoms with Crippen molar-refractivity contribution in [3.63, 3.8) is 0 Å². The molecule has 204 valence electrons. The Kier molecular flexibility index (Phi) is 10.3. The van der Waals surface area contributed by atoms with Gasteiger partial charge in [-0.3, -0.25) is 0 Å². The normalized spacial score (nSPS) is 11.0. The lowest BCUT2D eigenvalue weighted by Gasteiger charge is -2.31. The van der Waals surface area contributed by atoms with Crippen LogP contribution >= 0.6 is 0 Å². The Hall–Kier alpha value is -3.92. The standard InChI is InChI=1S/C35H44N4/c1-28(2)38(34-22-18-32(19-23-34)36-30-14-8-5-9-15-30)26-12-7-13-27-39(29(3)4)35-24-20-33(21-25-35)37-31-16-10-6-11-17-31/h5-6,8-11,14-25,28-29,36-37H,7,12-13,26-27H2,1-4H3. The molecule has 4 aromatic rings. The van der Waals surface area contributed by atoms with Crippen LogP contribution in [0.5, 0.6) is 0 Å². The summed E-state index contributed by atoms with van der Waals surface area (Å²) in [4.78, 5) is 5.04. The van der Waals surface area contributed by atoms with Crippen LogP contribution in [-0.2, 0) is 0 Å². The van der Waals surface area contributed by atoms with E-state index < -0.39 is 0 Å². The molecule has 0 fully saturated rings. The van der Waals surface area contributed by atoms with Gasteiger partial charge in [-0.05, 0) is 120 Å². The van der Waals surface area contributed by atoms with E-state index in [0.717, 1.165) is 35.8 Å². The minimum atomic E-state index is 0.466. The molecule has 0 saturated carbocycles. The molecule has 0 aliphatic heterocycles. The average Bonchev–Trinajstić information content (AvgIpc) is 2.95. The highest BCUT2D eigenvalue weighted by molar-refractivity contribution is 5.64. The Balaban J connectivity index is 1.25. The molecule has 0 unspecified atom stereocenters. The van der Waals surface area contributed by atoms with Crippen LogP contribution in [0.2, 0.25) is 0 Å². The first-order valence-corrected chi connectivity index (χ1v) is 14.4. The monoisotopic (exact) mass is 520 g/mol. The van der Waals surface area contributed by atoms with Crippen LogP contribution in [0.25, 0.3) is 0 Å². The Morgan fingerprint density at radius 3 is 1.10 bits per heavy atom. The van der Waals surface area contributed by atoms with Gasteiger partial charge in [0.15, 0.2) is 0 Å². The second kappa shape index (κ2) is 14.3. The van der Waals surface area contributed by atoms with Crippen LogP contribution in [-0.4, -0.2) is 25.2 Å². The first-order valence-electron chi connectivity index (χ1n) is 14.4. The molecule has 4 nitrogen and oxygen atoms in total. The van der Waals surface area contributed by atoms with Crippen molar-refractivity contribution in [2.24, 2.45) is 0 Å². The minimum Gasteiger partial charge on any atom is -0.369 e. The summed E-state index contributed by atoms with van der Waals surface area (Å²) in [6.45, 7) is 11.3. The lowest BCUT2D eigenvalue weighted by molar-refractivity contribution is 0.589. The first kappa shape index (κ1) is 28.1. The molecule has 0 spiro atoms. The van der Waals surface area contributed by atoms with Crippen LogP contribution < -0.4 is 20.4 Å².